The zero-order chi connectivity index (χ0) is 18.5. The minimum atomic E-state index is -0.163. The van der Waals surface area contributed by atoms with Gasteiger partial charge in [-0.3, -0.25) is 4.79 Å². The zero-order valence-electron chi connectivity index (χ0n) is 14.0. The van der Waals surface area contributed by atoms with Gasteiger partial charge in [-0.25, -0.2) is 4.98 Å². The first-order valence-corrected chi connectivity index (χ1v) is 8.65. The molecule has 1 heterocycles. The van der Waals surface area contributed by atoms with Crippen molar-refractivity contribution >= 4 is 34.8 Å². The second-order valence-corrected chi connectivity index (χ2v) is 6.31. The molecule has 0 bridgehead atoms. The van der Waals surface area contributed by atoms with Crippen LogP contribution in [0.3, 0.4) is 0 Å². The second-order valence-electron chi connectivity index (χ2n) is 5.50. The van der Waals surface area contributed by atoms with Crippen LogP contribution in [0.2, 0.25) is 10.0 Å². The monoisotopic (exact) mass is 390 g/mol. The number of nitrogens with one attached hydrogen (secondary N) is 1. The first kappa shape index (κ1) is 18.3. The van der Waals surface area contributed by atoms with Crippen LogP contribution in [-0.2, 0) is 11.2 Å². The molecule has 0 aliphatic rings. The van der Waals surface area contributed by atoms with Crippen LogP contribution >= 0.6 is 23.2 Å². The van der Waals surface area contributed by atoms with E-state index < -0.39 is 0 Å². The molecule has 1 aromatic heterocycles. The quantitative estimate of drug-likeness (QED) is 0.625. The van der Waals surface area contributed by atoms with Crippen LogP contribution in [0.15, 0.2) is 53.1 Å². The second kappa shape index (κ2) is 8.25. The molecule has 0 spiro atoms. The minimum absolute atomic E-state index is 0.163. The highest BCUT2D eigenvalue weighted by molar-refractivity contribution is 6.33. The number of aromatic nitrogens is 1. The van der Waals surface area contributed by atoms with Crippen LogP contribution < -0.4 is 10.1 Å². The maximum absolute atomic E-state index is 12.1. The van der Waals surface area contributed by atoms with E-state index in [9.17, 15) is 4.79 Å². The van der Waals surface area contributed by atoms with Crippen molar-refractivity contribution in [2.24, 2.45) is 0 Å². The van der Waals surface area contributed by atoms with Gasteiger partial charge in [-0.05, 0) is 30.3 Å². The number of benzene rings is 2. The van der Waals surface area contributed by atoms with E-state index in [1.165, 1.54) is 7.11 Å². The molecule has 0 aliphatic heterocycles. The van der Waals surface area contributed by atoms with Gasteiger partial charge in [-0.2, -0.15) is 0 Å². The number of halogens is 2. The number of amides is 1. The van der Waals surface area contributed by atoms with Gasteiger partial charge in [0.25, 0.3) is 0 Å². The molecule has 0 saturated heterocycles. The average Bonchev–Trinajstić information content (AvgIpc) is 3.09. The maximum atomic E-state index is 12.1. The number of rotatable bonds is 6. The zero-order valence-corrected chi connectivity index (χ0v) is 15.5. The van der Waals surface area contributed by atoms with Crippen molar-refractivity contribution < 1.29 is 13.9 Å². The molecule has 0 unspecified atom stereocenters. The maximum Gasteiger partial charge on any atom is 0.224 e. The summed E-state index contributed by atoms with van der Waals surface area (Å²) in [5.41, 5.74) is 1.37. The van der Waals surface area contributed by atoms with Crippen LogP contribution in [0.4, 0.5) is 5.69 Å². The van der Waals surface area contributed by atoms with E-state index in [0.29, 0.717) is 39.6 Å². The Morgan fingerprint density at radius 1 is 1.19 bits per heavy atom. The van der Waals surface area contributed by atoms with Crippen molar-refractivity contribution in [3.63, 3.8) is 0 Å². The number of carbonyl (C=O) groups excluding carboxylic acids is 1. The number of ether oxygens (including phenoxy) is 1. The van der Waals surface area contributed by atoms with Crippen molar-refractivity contribution in [1.82, 2.24) is 4.98 Å². The smallest absolute Gasteiger partial charge is 0.224 e. The molecular weight excluding hydrogens is 375 g/mol. The van der Waals surface area contributed by atoms with Crippen molar-refractivity contribution in [3.05, 3.63) is 64.6 Å². The van der Waals surface area contributed by atoms with Crippen molar-refractivity contribution in [1.29, 1.82) is 0 Å². The molecule has 26 heavy (non-hydrogen) atoms. The van der Waals surface area contributed by atoms with Crippen molar-refractivity contribution in [2.45, 2.75) is 12.8 Å². The fraction of sp³-hybridized carbons (Fsp3) is 0.158. The highest BCUT2D eigenvalue weighted by atomic mass is 35.5. The lowest BCUT2D eigenvalue weighted by Crippen LogP contribution is -2.12. The van der Waals surface area contributed by atoms with Crippen molar-refractivity contribution in [3.8, 4) is 17.1 Å². The Kier molecular flexibility index (Phi) is 5.81. The summed E-state index contributed by atoms with van der Waals surface area (Å²) in [4.78, 5) is 16.3. The molecule has 0 radical (unpaired) electrons. The number of hydrogen-bond acceptors (Lipinski definition) is 4. The van der Waals surface area contributed by atoms with Crippen LogP contribution in [0, 0.1) is 0 Å². The SMILES string of the molecule is COc1ccc(NC(=O)CCc2ncc(-c3ccccc3Cl)o2)cc1Cl. The predicted molar refractivity (Wildman–Crippen MR) is 102 cm³/mol. The Morgan fingerprint density at radius 2 is 2.00 bits per heavy atom. The Hall–Kier alpha value is -2.50. The molecular formula is C19H16Cl2N2O3. The molecule has 3 rings (SSSR count). The highest BCUT2D eigenvalue weighted by Gasteiger charge is 2.11. The number of anilines is 1. The van der Waals surface area contributed by atoms with Gasteiger partial charge in [0, 0.05) is 24.1 Å². The van der Waals surface area contributed by atoms with Crippen molar-refractivity contribution in [2.75, 3.05) is 12.4 Å². The molecule has 0 atom stereocenters. The summed E-state index contributed by atoms with van der Waals surface area (Å²) in [5.74, 6) is 1.44. The fourth-order valence-electron chi connectivity index (χ4n) is 2.40. The van der Waals surface area contributed by atoms with E-state index in [-0.39, 0.29) is 12.3 Å². The Labute approximate surface area is 160 Å². The molecule has 3 aromatic rings. The summed E-state index contributed by atoms with van der Waals surface area (Å²) in [6, 6.07) is 12.4. The molecule has 134 valence electrons. The predicted octanol–water partition coefficient (Wildman–Crippen LogP) is 5.23. The van der Waals surface area contributed by atoms with E-state index in [1.54, 1.807) is 30.5 Å². The molecule has 0 fully saturated rings. The fourth-order valence-corrected chi connectivity index (χ4v) is 2.89. The minimum Gasteiger partial charge on any atom is -0.495 e. The van der Waals surface area contributed by atoms with Gasteiger partial charge in [0.1, 0.15) is 5.75 Å². The average molecular weight is 391 g/mol. The summed E-state index contributed by atoms with van der Waals surface area (Å²) in [6.45, 7) is 0. The van der Waals surface area contributed by atoms with Crippen LogP contribution in [0.1, 0.15) is 12.3 Å². The lowest BCUT2D eigenvalue weighted by atomic mass is 10.2. The first-order valence-electron chi connectivity index (χ1n) is 7.90. The number of carbonyl (C=O) groups is 1. The highest BCUT2D eigenvalue weighted by Crippen LogP contribution is 2.29. The third-order valence-corrected chi connectivity index (χ3v) is 4.32. The largest absolute Gasteiger partial charge is 0.495 e. The van der Waals surface area contributed by atoms with E-state index in [2.05, 4.69) is 10.3 Å². The number of nitrogens with zero attached hydrogens (tertiary/aromatic N) is 1. The standard InChI is InChI=1S/C19H16Cl2N2O3/c1-25-16-7-6-12(10-15(16)21)23-18(24)8-9-19-22-11-17(26-19)13-4-2-3-5-14(13)20/h2-7,10-11H,8-9H2,1H3,(H,23,24). The Morgan fingerprint density at radius 3 is 2.73 bits per heavy atom. The summed E-state index contributed by atoms with van der Waals surface area (Å²) in [7, 11) is 1.53. The third kappa shape index (κ3) is 4.36. The number of hydrogen-bond donors (Lipinski definition) is 1. The normalized spacial score (nSPS) is 10.6. The molecule has 2 aromatic carbocycles. The van der Waals surface area contributed by atoms with Gasteiger partial charge in [0.15, 0.2) is 11.7 Å². The third-order valence-electron chi connectivity index (χ3n) is 3.69. The van der Waals surface area contributed by atoms with Gasteiger partial charge in [-0.1, -0.05) is 35.3 Å². The van der Waals surface area contributed by atoms with E-state index in [4.69, 9.17) is 32.4 Å². The molecule has 1 amide bonds. The first-order chi connectivity index (χ1) is 12.6. The summed E-state index contributed by atoms with van der Waals surface area (Å²) in [6.07, 6.45) is 2.21. The van der Waals surface area contributed by atoms with Crippen LogP contribution in [0.5, 0.6) is 5.75 Å². The van der Waals surface area contributed by atoms with Gasteiger partial charge < -0.3 is 14.5 Å². The van der Waals surface area contributed by atoms with Crippen LogP contribution in [0.25, 0.3) is 11.3 Å². The van der Waals surface area contributed by atoms with Gasteiger partial charge in [-0.15, -0.1) is 0 Å². The molecule has 0 aliphatic carbocycles. The van der Waals surface area contributed by atoms with E-state index >= 15 is 0 Å². The summed E-state index contributed by atoms with van der Waals surface area (Å²) in [5, 5.41) is 3.80. The lowest BCUT2D eigenvalue weighted by Gasteiger charge is -2.07. The molecule has 5 nitrogen and oxygen atoms in total. The van der Waals surface area contributed by atoms with E-state index in [0.717, 1.165) is 5.56 Å². The lowest BCUT2D eigenvalue weighted by molar-refractivity contribution is -0.116. The summed E-state index contributed by atoms with van der Waals surface area (Å²) >= 11 is 12.2. The van der Waals surface area contributed by atoms with E-state index in [1.807, 2.05) is 18.2 Å². The Bertz CT molecular complexity index is 925. The molecule has 1 N–H and O–H groups in total. The molecule has 7 heteroatoms. The number of oxazole rings is 1. The van der Waals surface area contributed by atoms with Gasteiger partial charge in [0.2, 0.25) is 5.91 Å². The van der Waals surface area contributed by atoms with Crippen LogP contribution in [-0.4, -0.2) is 18.0 Å². The van der Waals surface area contributed by atoms with Gasteiger partial charge >= 0.3 is 0 Å². The Balaban J connectivity index is 1.58. The topological polar surface area (TPSA) is 64.4 Å². The number of aryl methyl sites for hydroxylation is 1. The summed E-state index contributed by atoms with van der Waals surface area (Å²) < 4.78 is 10.8. The van der Waals surface area contributed by atoms with Gasteiger partial charge in [0.05, 0.1) is 23.4 Å². The number of methoxy groups -OCH3 is 1. The molecule has 0 saturated carbocycles.